The van der Waals surface area contributed by atoms with Gasteiger partial charge in [-0.2, -0.15) is 0 Å². The second-order valence-corrected chi connectivity index (χ2v) is 9.98. The molecule has 3 aromatic carbocycles. The lowest BCUT2D eigenvalue weighted by atomic mass is 9.95. The molecule has 0 unspecified atom stereocenters. The number of nitrogens with one attached hydrogen (secondary N) is 2. The van der Waals surface area contributed by atoms with E-state index in [4.69, 9.17) is 9.47 Å². The molecule has 4 rings (SSSR count). The maximum absolute atomic E-state index is 13.6. The van der Waals surface area contributed by atoms with E-state index in [9.17, 15) is 24.0 Å². The van der Waals surface area contributed by atoms with Crippen LogP contribution in [0.4, 0.5) is 21.0 Å². The number of amides is 5. The van der Waals surface area contributed by atoms with E-state index in [1.165, 1.54) is 12.1 Å². The highest BCUT2D eigenvalue weighted by molar-refractivity contribution is 6.16. The van der Waals surface area contributed by atoms with Gasteiger partial charge in [0.15, 0.2) is 0 Å². The van der Waals surface area contributed by atoms with Gasteiger partial charge in [0, 0.05) is 24.7 Å². The molecule has 0 spiro atoms. The van der Waals surface area contributed by atoms with Crippen molar-refractivity contribution in [1.82, 2.24) is 10.2 Å². The minimum Gasteiger partial charge on any atom is -0.458 e. The van der Waals surface area contributed by atoms with Gasteiger partial charge in [-0.15, -0.1) is 0 Å². The standard InChI is InChI=1S/C33H34N4O7/c1-2-20-43-31(40)26-12-9-13-27(21-26)35-32(41)34-22-29(38)37(28-14-7-4-8-15-28)30(39)25-16-18-36(19-17-25)33(42)44-23-24-10-5-3-6-11-24/h2-15,21,25H,1,16-20,22-23H2,(H2,34,35,41). The van der Waals surface area contributed by atoms with E-state index in [1.807, 2.05) is 30.3 Å². The highest BCUT2D eigenvalue weighted by Crippen LogP contribution is 2.24. The third-order valence-electron chi connectivity index (χ3n) is 6.88. The van der Waals surface area contributed by atoms with Gasteiger partial charge in [0.25, 0.3) is 5.91 Å². The molecule has 1 aliphatic heterocycles. The maximum atomic E-state index is 13.6. The summed E-state index contributed by atoms with van der Waals surface area (Å²) in [4.78, 5) is 66.8. The summed E-state index contributed by atoms with van der Waals surface area (Å²) < 4.78 is 10.4. The molecule has 228 valence electrons. The summed E-state index contributed by atoms with van der Waals surface area (Å²) in [6.07, 6.45) is 1.70. The smallest absolute Gasteiger partial charge is 0.410 e. The van der Waals surface area contributed by atoms with Crippen LogP contribution < -0.4 is 15.5 Å². The lowest BCUT2D eigenvalue weighted by Gasteiger charge is -2.33. The molecule has 11 nitrogen and oxygen atoms in total. The molecule has 0 radical (unpaired) electrons. The first-order chi connectivity index (χ1) is 21.4. The summed E-state index contributed by atoms with van der Waals surface area (Å²) in [5.74, 6) is -2.11. The third kappa shape index (κ3) is 8.78. The molecule has 0 aromatic heterocycles. The van der Waals surface area contributed by atoms with Crippen molar-refractivity contribution in [3.63, 3.8) is 0 Å². The number of urea groups is 1. The summed E-state index contributed by atoms with van der Waals surface area (Å²) in [6.45, 7) is 3.86. The zero-order valence-corrected chi connectivity index (χ0v) is 24.1. The first-order valence-corrected chi connectivity index (χ1v) is 14.2. The molecule has 1 saturated heterocycles. The molecule has 0 aliphatic carbocycles. The summed E-state index contributed by atoms with van der Waals surface area (Å²) in [7, 11) is 0. The Labute approximate surface area is 255 Å². The van der Waals surface area contributed by atoms with Gasteiger partial charge in [-0.3, -0.25) is 9.59 Å². The maximum Gasteiger partial charge on any atom is 0.410 e. The van der Waals surface area contributed by atoms with Crippen LogP contribution in [-0.4, -0.2) is 61.0 Å². The van der Waals surface area contributed by atoms with Gasteiger partial charge in [0.2, 0.25) is 5.91 Å². The Morgan fingerprint density at radius 1 is 0.886 bits per heavy atom. The number of hydrogen-bond acceptors (Lipinski definition) is 7. The number of likely N-dealkylation sites (tertiary alicyclic amines) is 1. The van der Waals surface area contributed by atoms with Crippen molar-refractivity contribution in [3.8, 4) is 0 Å². The number of para-hydroxylation sites is 1. The van der Waals surface area contributed by atoms with Crippen LogP contribution in [0.25, 0.3) is 0 Å². The number of esters is 1. The van der Waals surface area contributed by atoms with E-state index < -0.39 is 42.4 Å². The minimum atomic E-state index is -0.697. The van der Waals surface area contributed by atoms with Gasteiger partial charge in [0.05, 0.1) is 17.8 Å². The van der Waals surface area contributed by atoms with Crippen LogP contribution in [0.3, 0.4) is 0 Å². The van der Waals surface area contributed by atoms with Gasteiger partial charge in [-0.25, -0.2) is 19.3 Å². The molecule has 0 saturated carbocycles. The lowest BCUT2D eigenvalue weighted by molar-refractivity contribution is -0.129. The van der Waals surface area contributed by atoms with Crippen LogP contribution in [0, 0.1) is 5.92 Å². The predicted octanol–water partition coefficient (Wildman–Crippen LogP) is 4.76. The Bertz CT molecular complexity index is 1470. The van der Waals surface area contributed by atoms with Crippen LogP contribution in [0.15, 0.2) is 97.6 Å². The van der Waals surface area contributed by atoms with Crippen molar-refractivity contribution in [2.45, 2.75) is 19.4 Å². The Balaban J connectivity index is 1.33. The van der Waals surface area contributed by atoms with Gasteiger partial charge in [-0.05, 0) is 48.7 Å². The fourth-order valence-electron chi connectivity index (χ4n) is 4.63. The molecular formula is C33H34N4O7. The van der Waals surface area contributed by atoms with Crippen LogP contribution in [-0.2, 0) is 25.7 Å². The summed E-state index contributed by atoms with van der Waals surface area (Å²) in [5, 5.41) is 5.05. The molecule has 0 atom stereocenters. The molecule has 11 heteroatoms. The van der Waals surface area contributed by atoms with Crippen LogP contribution in [0.5, 0.6) is 0 Å². The first kappa shape index (κ1) is 31.5. The SMILES string of the molecule is C=CCOC(=O)c1cccc(NC(=O)NCC(=O)N(C(=O)C2CCN(C(=O)OCc3ccccc3)CC2)c2ccccc2)c1. The fraction of sp³-hybridized carbons (Fsp3) is 0.242. The molecule has 1 heterocycles. The second kappa shape index (κ2) is 15.7. The predicted molar refractivity (Wildman–Crippen MR) is 164 cm³/mol. The number of ether oxygens (including phenoxy) is 2. The van der Waals surface area contributed by atoms with Crippen molar-refractivity contribution in [1.29, 1.82) is 0 Å². The zero-order valence-electron chi connectivity index (χ0n) is 24.1. The number of rotatable bonds is 10. The number of hydrogen-bond donors (Lipinski definition) is 2. The number of piperidine rings is 1. The van der Waals surface area contributed by atoms with Crippen molar-refractivity contribution < 1.29 is 33.4 Å². The highest BCUT2D eigenvalue weighted by atomic mass is 16.6. The number of nitrogens with zero attached hydrogens (tertiary/aromatic N) is 2. The van der Waals surface area contributed by atoms with E-state index >= 15 is 0 Å². The zero-order chi connectivity index (χ0) is 31.3. The Morgan fingerprint density at radius 2 is 1.57 bits per heavy atom. The number of carbonyl (C=O) groups is 5. The quantitative estimate of drug-likeness (QED) is 0.254. The van der Waals surface area contributed by atoms with Crippen LogP contribution in [0.2, 0.25) is 0 Å². The third-order valence-corrected chi connectivity index (χ3v) is 6.88. The number of anilines is 2. The van der Waals surface area contributed by atoms with E-state index in [1.54, 1.807) is 53.4 Å². The second-order valence-electron chi connectivity index (χ2n) is 9.98. The Morgan fingerprint density at radius 3 is 2.25 bits per heavy atom. The molecule has 2 N–H and O–H groups in total. The summed E-state index contributed by atoms with van der Waals surface area (Å²) in [6, 6.07) is 23.3. The molecule has 1 aliphatic rings. The number of benzene rings is 3. The normalized spacial score (nSPS) is 12.9. The van der Waals surface area contributed by atoms with Crippen LogP contribution in [0.1, 0.15) is 28.8 Å². The average Bonchev–Trinajstić information content (AvgIpc) is 3.06. The van der Waals surface area contributed by atoms with Crippen molar-refractivity contribution in [2.24, 2.45) is 5.92 Å². The number of carbonyl (C=O) groups excluding carboxylic acids is 5. The Kier molecular flexibility index (Phi) is 11.2. The molecule has 1 fully saturated rings. The first-order valence-electron chi connectivity index (χ1n) is 14.2. The molecule has 5 amide bonds. The average molecular weight is 599 g/mol. The number of imide groups is 1. The van der Waals surface area contributed by atoms with E-state index in [0.29, 0.717) is 37.3 Å². The van der Waals surface area contributed by atoms with Gasteiger partial charge < -0.3 is 25.0 Å². The molecular weight excluding hydrogens is 564 g/mol. The fourth-order valence-corrected chi connectivity index (χ4v) is 4.63. The van der Waals surface area contributed by atoms with Gasteiger partial charge in [0.1, 0.15) is 13.2 Å². The molecule has 3 aromatic rings. The van der Waals surface area contributed by atoms with E-state index in [0.717, 1.165) is 10.5 Å². The Hall–Kier alpha value is -5.45. The lowest BCUT2D eigenvalue weighted by Crippen LogP contribution is -2.49. The summed E-state index contributed by atoms with van der Waals surface area (Å²) >= 11 is 0. The largest absolute Gasteiger partial charge is 0.458 e. The van der Waals surface area contributed by atoms with Crippen LogP contribution >= 0.6 is 0 Å². The van der Waals surface area contributed by atoms with Crippen molar-refractivity contribution in [3.05, 3.63) is 109 Å². The van der Waals surface area contributed by atoms with E-state index in [-0.39, 0.29) is 18.8 Å². The van der Waals surface area contributed by atoms with Crippen molar-refractivity contribution in [2.75, 3.05) is 36.5 Å². The topological polar surface area (TPSA) is 134 Å². The summed E-state index contributed by atoms with van der Waals surface area (Å²) in [5.41, 5.74) is 1.80. The van der Waals surface area contributed by atoms with Crippen molar-refractivity contribution >= 4 is 41.3 Å². The van der Waals surface area contributed by atoms with E-state index in [2.05, 4.69) is 17.2 Å². The monoisotopic (exact) mass is 598 g/mol. The minimum absolute atomic E-state index is 0.0517. The van der Waals surface area contributed by atoms with Gasteiger partial charge >= 0.3 is 18.1 Å². The molecule has 0 bridgehead atoms. The highest BCUT2D eigenvalue weighted by Gasteiger charge is 2.34. The van der Waals surface area contributed by atoms with Gasteiger partial charge in [-0.1, -0.05) is 67.3 Å². The molecule has 44 heavy (non-hydrogen) atoms.